The van der Waals surface area contributed by atoms with Crippen LogP contribution in [-0.2, 0) is 22.0 Å². The molecule has 0 bridgehead atoms. The van der Waals surface area contributed by atoms with E-state index in [9.17, 15) is 4.79 Å². The van der Waals surface area contributed by atoms with Crippen LogP contribution in [0.3, 0.4) is 0 Å². The molecule has 0 saturated carbocycles. The zero-order valence-electron chi connectivity index (χ0n) is 26.4. The average Bonchev–Trinajstić information content (AvgIpc) is 3.36. The van der Waals surface area contributed by atoms with Gasteiger partial charge in [0.1, 0.15) is 5.75 Å². The van der Waals surface area contributed by atoms with Crippen molar-refractivity contribution in [3.63, 3.8) is 0 Å². The number of halogens is 2. The fraction of sp³-hybridized carbons (Fsp3) is 0.688. The molecule has 1 N–H and O–H groups in total. The van der Waals surface area contributed by atoms with Crippen LogP contribution >= 0.6 is 23.2 Å². The zero-order valence-corrected chi connectivity index (χ0v) is 27.9. The third kappa shape index (κ3) is 9.44. The van der Waals surface area contributed by atoms with E-state index in [0.29, 0.717) is 30.3 Å². The number of aromatic nitrogens is 3. The summed E-state index contributed by atoms with van der Waals surface area (Å²) in [5.74, 6) is 1.42. The fourth-order valence-electron chi connectivity index (χ4n) is 4.95. The highest BCUT2D eigenvalue weighted by molar-refractivity contribution is 6.58. The lowest BCUT2D eigenvalue weighted by molar-refractivity contribution is -0.128. The van der Waals surface area contributed by atoms with E-state index in [4.69, 9.17) is 27.9 Å². The van der Waals surface area contributed by atoms with Crippen molar-refractivity contribution in [2.24, 2.45) is 15.9 Å². The van der Waals surface area contributed by atoms with E-state index in [0.717, 1.165) is 49.8 Å². The topological polar surface area (TPSA) is 81.4 Å². The molecule has 9 heteroatoms. The molecule has 0 spiro atoms. The molecule has 1 aromatic carbocycles. The normalized spacial score (nSPS) is 16.2. The Bertz CT molecular complexity index is 1220. The second-order valence-corrected chi connectivity index (χ2v) is 15.3. The number of nitrogens with one attached hydrogen (secondary N) is 1. The number of fused-ring (bicyclic) bond motifs is 1. The van der Waals surface area contributed by atoms with E-state index in [2.05, 4.69) is 87.2 Å². The number of amides is 1. The second-order valence-electron chi connectivity index (χ2n) is 14.0. The summed E-state index contributed by atoms with van der Waals surface area (Å²) in [7, 11) is 0. The Kier molecular flexibility index (Phi) is 11.0. The third-order valence-electron chi connectivity index (χ3n) is 7.07. The number of rotatable bonds is 13. The van der Waals surface area contributed by atoms with Gasteiger partial charge in [-0.1, -0.05) is 110 Å². The molecule has 0 radical (unpaired) electrons. The number of hydrogen-bond acceptors (Lipinski definition) is 5. The number of carbonyl (C=O) groups excluding carboxylic acids is 1. The van der Waals surface area contributed by atoms with Gasteiger partial charge in [-0.3, -0.25) is 4.79 Å². The Balaban J connectivity index is 1.76. The van der Waals surface area contributed by atoms with Gasteiger partial charge in [-0.05, 0) is 60.6 Å². The fourth-order valence-corrected chi connectivity index (χ4v) is 5.26. The number of carbonyl (C=O) groups is 1. The number of nitrogens with zero attached hydrogens (tertiary/aromatic N) is 4. The molecule has 0 saturated heterocycles. The van der Waals surface area contributed by atoms with E-state index < -0.39 is 10.4 Å². The molecule has 228 valence electrons. The van der Waals surface area contributed by atoms with E-state index >= 15 is 0 Å². The Morgan fingerprint density at radius 1 is 1.07 bits per heavy atom. The number of benzene rings is 1. The van der Waals surface area contributed by atoms with Crippen LogP contribution in [0.2, 0.25) is 0 Å². The van der Waals surface area contributed by atoms with Gasteiger partial charge in [-0.15, -0.1) is 9.89 Å². The molecular formula is C32H49Cl2N5O2. The highest BCUT2D eigenvalue weighted by atomic mass is 35.5. The largest absolute Gasteiger partial charge is 0.480 e. The maximum absolute atomic E-state index is 13.5. The Labute approximate surface area is 256 Å². The van der Waals surface area contributed by atoms with Gasteiger partial charge in [-0.25, -0.2) is 4.98 Å². The molecule has 3 rings (SSSR count). The molecule has 2 heterocycles. The second kappa shape index (κ2) is 13.5. The van der Waals surface area contributed by atoms with Gasteiger partial charge in [-0.2, -0.15) is 5.10 Å². The lowest BCUT2D eigenvalue weighted by Gasteiger charge is -2.26. The number of unbranched alkanes of at least 4 members (excludes halogenated alkanes) is 3. The summed E-state index contributed by atoms with van der Waals surface area (Å²) in [6.07, 6.45) is 6.19. The van der Waals surface area contributed by atoms with Crippen molar-refractivity contribution >= 4 is 34.8 Å². The average molecular weight is 607 g/mol. The van der Waals surface area contributed by atoms with E-state index in [1.165, 1.54) is 10.4 Å². The first-order valence-electron chi connectivity index (χ1n) is 15.0. The Morgan fingerprint density at radius 2 is 1.76 bits per heavy atom. The van der Waals surface area contributed by atoms with E-state index in [1.54, 1.807) is 6.92 Å². The highest BCUT2D eigenvalue weighted by Crippen LogP contribution is 2.38. The molecule has 0 aliphatic carbocycles. The third-order valence-corrected chi connectivity index (χ3v) is 7.96. The Morgan fingerprint density at radius 3 is 2.37 bits per heavy atom. The summed E-state index contributed by atoms with van der Waals surface area (Å²) >= 11 is 12.8. The van der Waals surface area contributed by atoms with E-state index in [-0.39, 0.29) is 22.7 Å². The van der Waals surface area contributed by atoms with Crippen molar-refractivity contribution in [3.05, 3.63) is 41.0 Å². The van der Waals surface area contributed by atoms with Crippen molar-refractivity contribution in [2.75, 3.05) is 6.54 Å². The van der Waals surface area contributed by atoms with Gasteiger partial charge >= 0.3 is 0 Å². The number of hydrogen-bond donors (Lipinski definition) is 1. The molecule has 2 atom stereocenters. The number of alkyl halides is 2. The predicted molar refractivity (Wildman–Crippen MR) is 169 cm³/mol. The molecule has 1 aromatic heterocycles. The molecule has 41 heavy (non-hydrogen) atoms. The first-order valence-corrected chi connectivity index (χ1v) is 15.7. The molecule has 7 nitrogen and oxygen atoms in total. The molecule has 1 aliphatic rings. The summed E-state index contributed by atoms with van der Waals surface area (Å²) in [5, 5.41) is 11.8. The minimum Gasteiger partial charge on any atom is -0.480 e. The van der Waals surface area contributed by atoms with Crippen LogP contribution < -0.4 is 10.1 Å². The van der Waals surface area contributed by atoms with Crippen molar-refractivity contribution in [3.8, 4) is 5.75 Å². The molecular weight excluding hydrogens is 557 g/mol. The molecule has 2 unspecified atom stereocenters. The van der Waals surface area contributed by atoms with Crippen LogP contribution in [0, 0.1) is 10.8 Å². The van der Waals surface area contributed by atoms with Gasteiger partial charge in [0.15, 0.2) is 17.8 Å². The monoisotopic (exact) mass is 605 g/mol. The van der Waals surface area contributed by atoms with Crippen LogP contribution in [0.25, 0.3) is 0 Å². The highest BCUT2D eigenvalue weighted by Gasteiger charge is 2.42. The first kappa shape index (κ1) is 33.4. The Hall–Kier alpha value is -2.12. The quantitative estimate of drug-likeness (QED) is 0.185. The van der Waals surface area contributed by atoms with Gasteiger partial charge in [0.25, 0.3) is 5.91 Å². The maximum atomic E-state index is 13.5. The van der Waals surface area contributed by atoms with Crippen LogP contribution in [0.1, 0.15) is 123 Å². The molecule has 1 amide bonds. The summed E-state index contributed by atoms with van der Waals surface area (Å²) in [6.45, 7) is 19.7. The standard InChI is InChI=1S/C32H49Cl2N5O2/c1-10-11-12-13-14-26(41-25-16-15-23(18-30(4,5)6)17-24(25)19-31(7,8)9)28(40)35-20-21(2)27-36-29-32(33,34)22(3)37-39(29)38-27/h15-17,21,26H,10-14,18-20H2,1-9H3,(H,35,40). The summed E-state index contributed by atoms with van der Waals surface area (Å²) in [5.41, 5.74) is 3.24. The zero-order chi connectivity index (χ0) is 30.6. The van der Waals surface area contributed by atoms with Gasteiger partial charge in [0.05, 0.1) is 5.71 Å². The lowest BCUT2D eigenvalue weighted by atomic mass is 9.84. The smallest absolute Gasteiger partial charge is 0.261 e. The van der Waals surface area contributed by atoms with Gasteiger partial charge < -0.3 is 10.1 Å². The maximum Gasteiger partial charge on any atom is 0.261 e. The van der Waals surface area contributed by atoms with Gasteiger partial charge in [0, 0.05) is 12.5 Å². The minimum absolute atomic E-state index is 0.0802. The van der Waals surface area contributed by atoms with Crippen molar-refractivity contribution in [2.45, 2.75) is 124 Å². The number of ether oxygens (including phenoxy) is 1. The van der Waals surface area contributed by atoms with Crippen LogP contribution in [0.4, 0.5) is 0 Å². The van der Waals surface area contributed by atoms with Crippen molar-refractivity contribution in [1.82, 2.24) is 20.2 Å². The van der Waals surface area contributed by atoms with Gasteiger partial charge in [0.2, 0.25) is 4.33 Å². The van der Waals surface area contributed by atoms with Crippen molar-refractivity contribution in [1.29, 1.82) is 0 Å². The summed E-state index contributed by atoms with van der Waals surface area (Å²) < 4.78 is 5.25. The summed E-state index contributed by atoms with van der Waals surface area (Å²) in [6, 6.07) is 6.46. The lowest BCUT2D eigenvalue weighted by Crippen LogP contribution is -2.40. The van der Waals surface area contributed by atoms with Crippen molar-refractivity contribution < 1.29 is 9.53 Å². The molecule has 1 aliphatic heterocycles. The predicted octanol–water partition coefficient (Wildman–Crippen LogP) is 7.96. The summed E-state index contributed by atoms with van der Waals surface area (Å²) in [4.78, 5) is 19.4. The SMILES string of the molecule is CCCCCCC(Oc1ccc(CC(C)(C)C)cc1CC(C)(C)C)C(=O)NCC(C)c1nc2n(n1)N=C(C)C2(Cl)Cl. The van der Waals surface area contributed by atoms with Crippen LogP contribution in [-0.4, -0.2) is 39.1 Å². The van der Waals surface area contributed by atoms with E-state index in [1.807, 2.05) is 6.92 Å². The minimum atomic E-state index is -1.29. The molecule has 0 fully saturated rings. The first-order chi connectivity index (χ1) is 19.0. The van der Waals surface area contributed by atoms with Crippen LogP contribution in [0.15, 0.2) is 23.3 Å². The molecule has 2 aromatic rings. The van der Waals surface area contributed by atoms with Crippen LogP contribution in [0.5, 0.6) is 5.75 Å².